The molecule has 2 aliphatic rings. The molecule has 5 rings (SSSR count). The number of aromatic nitrogens is 2. The number of likely N-dealkylation sites (tertiary alicyclic amines) is 1. The van der Waals surface area contributed by atoms with Gasteiger partial charge in [0.25, 0.3) is 11.6 Å². The topological polar surface area (TPSA) is 102 Å². The average molecular weight is 552 g/mol. The summed E-state index contributed by atoms with van der Waals surface area (Å²) in [5.74, 6) is -1.97. The first-order valence-electron chi connectivity index (χ1n) is 13.6. The summed E-state index contributed by atoms with van der Waals surface area (Å²) in [6.45, 7) is 2.20. The molecule has 1 aromatic heterocycles. The quantitative estimate of drug-likeness (QED) is 0.228. The van der Waals surface area contributed by atoms with E-state index in [1.54, 1.807) is 9.58 Å². The molecule has 0 unspecified atom stereocenters. The number of nitro benzene ring substituents is 1. The summed E-state index contributed by atoms with van der Waals surface area (Å²) in [5.41, 5.74) is 2.52. The maximum atomic E-state index is 13.8. The van der Waals surface area contributed by atoms with E-state index < -0.39 is 16.6 Å². The van der Waals surface area contributed by atoms with Gasteiger partial charge in [0.15, 0.2) is 17.4 Å². The number of nitrogens with zero attached hydrogens (tertiary/aromatic N) is 5. The second-order valence-electron chi connectivity index (χ2n) is 10.4. The van der Waals surface area contributed by atoms with Crippen LogP contribution >= 0.6 is 0 Å². The van der Waals surface area contributed by atoms with Gasteiger partial charge in [-0.2, -0.15) is 5.10 Å². The molecular formula is C29H31F2N5O4. The molecule has 2 aromatic carbocycles. The number of aryl methyl sites for hydroxylation is 2. The zero-order chi connectivity index (χ0) is 28.4. The zero-order valence-corrected chi connectivity index (χ0v) is 22.3. The Kier molecular flexibility index (Phi) is 8.02. The van der Waals surface area contributed by atoms with Gasteiger partial charge in [-0.25, -0.2) is 8.78 Å². The van der Waals surface area contributed by atoms with Gasteiger partial charge in [-0.3, -0.25) is 29.3 Å². The van der Waals surface area contributed by atoms with E-state index >= 15 is 0 Å². The van der Waals surface area contributed by atoms with E-state index in [-0.39, 0.29) is 28.9 Å². The number of amides is 1. The van der Waals surface area contributed by atoms with Gasteiger partial charge in [-0.05, 0) is 81.9 Å². The number of rotatable bonds is 8. The number of nitro groups is 1. The summed E-state index contributed by atoms with van der Waals surface area (Å²) in [5, 5.41) is 15.8. The third-order valence-electron chi connectivity index (χ3n) is 7.91. The molecule has 3 aromatic rings. The first-order valence-corrected chi connectivity index (χ1v) is 13.6. The molecule has 1 saturated heterocycles. The summed E-state index contributed by atoms with van der Waals surface area (Å²) < 4.78 is 28.7. The maximum absolute atomic E-state index is 13.8. The number of carbonyl (C=O) groups is 2. The second kappa shape index (κ2) is 11.6. The van der Waals surface area contributed by atoms with E-state index in [2.05, 4.69) is 10.00 Å². The minimum Gasteiger partial charge on any atom is -0.302 e. The fraction of sp³-hybridized carbons (Fsp3) is 0.414. The molecule has 0 N–H and O–H groups in total. The Morgan fingerprint density at radius 1 is 1.02 bits per heavy atom. The fourth-order valence-corrected chi connectivity index (χ4v) is 5.73. The normalized spacial score (nSPS) is 16.0. The summed E-state index contributed by atoms with van der Waals surface area (Å²) in [7, 11) is 1.83. The molecule has 1 fully saturated rings. The van der Waals surface area contributed by atoms with Gasteiger partial charge in [-0.15, -0.1) is 0 Å². The monoisotopic (exact) mass is 551 g/mol. The summed E-state index contributed by atoms with van der Waals surface area (Å²) in [4.78, 5) is 41.2. The predicted molar refractivity (Wildman–Crippen MR) is 144 cm³/mol. The molecule has 1 aliphatic heterocycles. The van der Waals surface area contributed by atoms with Crippen LogP contribution in [0.15, 0.2) is 42.5 Å². The van der Waals surface area contributed by atoms with Crippen LogP contribution in [0.1, 0.15) is 57.7 Å². The molecule has 0 saturated carbocycles. The molecule has 2 heterocycles. The lowest BCUT2D eigenvalue weighted by molar-refractivity contribution is -0.384. The highest BCUT2D eigenvalue weighted by Gasteiger charge is 2.30. The van der Waals surface area contributed by atoms with Crippen LogP contribution in [0.4, 0.5) is 20.3 Å². The molecule has 210 valence electrons. The van der Waals surface area contributed by atoms with E-state index in [0.29, 0.717) is 44.6 Å². The molecule has 1 aliphatic carbocycles. The lowest BCUT2D eigenvalue weighted by Crippen LogP contribution is -2.43. The largest absolute Gasteiger partial charge is 0.302 e. The van der Waals surface area contributed by atoms with E-state index in [4.69, 9.17) is 0 Å². The molecule has 0 bridgehead atoms. The van der Waals surface area contributed by atoms with Gasteiger partial charge in [0.05, 0.1) is 10.6 Å². The Bertz CT molecular complexity index is 1430. The van der Waals surface area contributed by atoms with Crippen LogP contribution in [0.2, 0.25) is 0 Å². The predicted octanol–water partition coefficient (Wildman–Crippen LogP) is 4.73. The highest BCUT2D eigenvalue weighted by atomic mass is 19.2. The van der Waals surface area contributed by atoms with E-state index in [9.17, 15) is 28.5 Å². The van der Waals surface area contributed by atoms with Crippen molar-refractivity contribution in [2.45, 2.75) is 38.5 Å². The van der Waals surface area contributed by atoms with Gasteiger partial charge in [0.1, 0.15) is 5.82 Å². The minimum atomic E-state index is -1.03. The number of benzene rings is 2. The highest BCUT2D eigenvalue weighted by Crippen LogP contribution is 2.31. The van der Waals surface area contributed by atoms with Crippen LogP contribution in [0.5, 0.6) is 0 Å². The molecule has 40 heavy (non-hydrogen) atoms. The van der Waals surface area contributed by atoms with Gasteiger partial charge < -0.3 is 4.90 Å². The number of hydrogen-bond acceptors (Lipinski definition) is 6. The zero-order valence-electron chi connectivity index (χ0n) is 22.3. The van der Waals surface area contributed by atoms with Gasteiger partial charge >= 0.3 is 0 Å². The van der Waals surface area contributed by atoms with Crippen molar-refractivity contribution in [1.29, 1.82) is 0 Å². The number of fused-ring (bicyclic) bond motifs is 1. The first kappa shape index (κ1) is 27.6. The number of anilines is 1. The van der Waals surface area contributed by atoms with Crippen LogP contribution in [-0.2, 0) is 19.9 Å². The lowest BCUT2D eigenvalue weighted by Gasteiger charge is -2.33. The molecular weight excluding hydrogens is 520 g/mol. The Labute approximate surface area is 230 Å². The average Bonchev–Trinajstić information content (AvgIpc) is 3.30. The summed E-state index contributed by atoms with van der Waals surface area (Å²) in [6.07, 6.45) is 4.93. The van der Waals surface area contributed by atoms with Crippen molar-refractivity contribution < 1.29 is 23.3 Å². The van der Waals surface area contributed by atoms with E-state index in [0.717, 1.165) is 54.9 Å². The maximum Gasteiger partial charge on any atom is 0.269 e. The van der Waals surface area contributed by atoms with Crippen LogP contribution in [0, 0.1) is 27.7 Å². The Hall–Kier alpha value is -3.99. The molecule has 11 heteroatoms. The molecule has 0 radical (unpaired) electrons. The highest BCUT2D eigenvalue weighted by molar-refractivity contribution is 6.06. The van der Waals surface area contributed by atoms with Crippen molar-refractivity contribution in [3.8, 4) is 0 Å². The third kappa shape index (κ3) is 5.65. The van der Waals surface area contributed by atoms with E-state index in [1.165, 1.54) is 30.3 Å². The number of Topliss-reactive ketones (excluding diaryl/α,β-unsaturated/α-hetero) is 1. The second-order valence-corrected chi connectivity index (χ2v) is 10.4. The minimum absolute atomic E-state index is 0.0817. The van der Waals surface area contributed by atoms with Crippen molar-refractivity contribution in [2.75, 3.05) is 31.1 Å². The summed E-state index contributed by atoms with van der Waals surface area (Å²) >= 11 is 0. The molecule has 9 nitrogen and oxygen atoms in total. The van der Waals surface area contributed by atoms with Crippen molar-refractivity contribution in [1.82, 2.24) is 14.7 Å². The molecule has 0 atom stereocenters. The number of piperidine rings is 1. The van der Waals surface area contributed by atoms with Gasteiger partial charge in [-0.1, -0.05) is 0 Å². The Morgan fingerprint density at radius 3 is 2.38 bits per heavy atom. The fourth-order valence-electron chi connectivity index (χ4n) is 5.73. The van der Waals surface area contributed by atoms with E-state index in [1.807, 2.05) is 7.05 Å². The van der Waals surface area contributed by atoms with Crippen molar-refractivity contribution in [2.24, 2.45) is 13.0 Å². The number of ketones is 1. The number of hydrogen-bond donors (Lipinski definition) is 0. The number of carbonyl (C=O) groups excluding carboxylic acids is 2. The van der Waals surface area contributed by atoms with Crippen molar-refractivity contribution in [3.05, 3.63) is 86.6 Å². The van der Waals surface area contributed by atoms with Gasteiger partial charge in [0.2, 0.25) is 0 Å². The first-order chi connectivity index (χ1) is 19.2. The van der Waals surface area contributed by atoms with Crippen LogP contribution in [0.3, 0.4) is 0 Å². The number of halogens is 2. The SMILES string of the molecule is Cn1nc2c(c1N(CCN1CCC(C(=O)c3ccc(F)c(F)c3)CC1)C(=O)c1ccc([N+](=O)[O-])cc1)CCCC2. The molecule has 0 spiro atoms. The van der Waals surface area contributed by atoms with Crippen LogP contribution in [-0.4, -0.2) is 57.5 Å². The summed E-state index contributed by atoms with van der Waals surface area (Å²) in [6, 6.07) is 8.88. The van der Waals surface area contributed by atoms with Gasteiger partial charge in [0, 0.05) is 54.9 Å². The lowest BCUT2D eigenvalue weighted by atomic mass is 9.89. The van der Waals surface area contributed by atoms with Crippen molar-refractivity contribution in [3.63, 3.8) is 0 Å². The van der Waals surface area contributed by atoms with Crippen LogP contribution in [0.25, 0.3) is 0 Å². The standard InChI is InChI=1S/C29H31F2N5O4/c1-33-28(23-4-2-3-5-26(23)32-33)35(29(38)20-6-9-22(10-7-20)36(39)40)17-16-34-14-12-19(13-15-34)27(37)21-8-11-24(30)25(31)18-21/h6-11,18-19H,2-5,12-17H2,1H3. The third-order valence-corrected chi connectivity index (χ3v) is 7.91. The van der Waals surface area contributed by atoms with Crippen molar-refractivity contribution >= 4 is 23.2 Å². The molecule has 1 amide bonds. The smallest absolute Gasteiger partial charge is 0.269 e. The Morgan fingerprint density at radius 2 is 1.70 bits per heavy atom. The number of non-ortho nitro benzene ring substituents is 1. The Balaban J connectivity index is 1.30. The van der Waals surface area contributed by atoms with Crippen LogP contribution < -0.4 is 4.90 Å².